The standard InChI is InChI=1S/C20H21NO5/c1-14(15-6-4-3-5-7-15)21-13-12-20(18(21)22,26-19(23)24)16-8-10-17(25-2)11-9-16/h3-11,14H,12-13H2,1-2H3,(H,23,24)/t14-,20-/m1/s1. The molecular weight excluding hydrogens is 334 g/mol. The van der Waals surface area contributed by atoms with Crippen LogP contribution in [0.4, 0.5) is 4.79 Å². The molecule has 3 rings (SSSR count). The second-order valence-electron chi connectivity index (χ2n) is 6.26. The topological polar surface area (TPSA) is 76.1 Å². The monoisotopic (exact) mass is 355 g/mol. The van der Waals surface area contributed by atoms with Crippen LogP contribution in [-0.4, -0.2) is 35.7 Å². The van der Waals surface area contributed by atoms with Crippen LogP contribution in [0.2, 0.25) is 0 Å². The lowest BCUT2D eigenvalue weighted by Crippen LogP contribution is -2.42. The van der Waals surface area contributed by atoms with Gasteiger partial charge in [0.05, 0.1) is 13.2 Å². The summed E-state index contributed by atoms with van der Waals surface area (Å²) in [5, 5.41) is 9.24. The van der Waals surface area contributed by atoms with Crippen LogP contribution in [0.1, 0.15) is 30.5 Å². The zero-order valence-electron chi connectivity index (χ0n) is 14.7. The van der Waals surface area contributed by atoms with E-state index < -0.39 is 11.8 Å². The number of carbonyl (C=O) groups excluding carboxylic acids is 1. The van der Waals surface area contributed by atoms with Crippen molar-refractivity contribution in [2.45, 2.75) is 25.0 Å². The van der Waals surface area contributed by atoms with E-state index >= 15 is 0 Å². The molecule has 6 nitrogen and oxygen atoms in total. The summed E-state index contributed by atoms with van der Waals surface area (Å²) >= 11 is 0. The van der Waals surface area contributed by atoms with E-state index in [9.17, 15) is 14.7 Å². The SMILES string of the molecule is COc1ccc([C@]2(OC(=O)O)CCN([C@H](C)c3ccccc3)C2=O)cc1. The molecule has 1 fully saturated rings. The molecule has 26 heavy (non-hydrogen) atoms. The fourth-order valence-electron chi connectivity index (χ4n) is 3.43. The molecule has 2 aromatic carbocycles. The van der Waals surface area contributed by atoms with Crippen molar-refractivity contribution in [3.05, 3.63) is 65.7 Å². The summed E-state index contributed by atoms with van der Waals surface area (Å²) in [6.45, 7) is 2.34. The van der Waals surface area contributed by atoms with Crippen LogP contribution in [-0.2, 0) is 15.1 Å². The summed E-state index contributed by atoms with van der Waals surface area (Å²) in [6, 6.07) is 16.2. The third-order valence-corrected chi connectivity index (χ3v) is 4.88. The predicted octanol–water partition coefficient (Wildman–Crippen LogP) is 3.58. The molecule has 1 N–H and O–H groups in total. The van der Waals surface area contributed by atoms with E-state index in [4.69, 9.17) is 9.47 Å². The van der Waals surface area contributed by atoms with Gasteiger partial charge in [-0.3, -0.25) is 4.79 Å². The largest absolute Gasteiger partial charge is 0.507 e. The maximum atomic E-state index is 13.2. The van der Waals surface area contributed by atoms with Gasteiger partial charge in [-0.15, -0.1) is 0 Å². The number of methoxy groups -OCH3 is 1. The Morgan fingerprint density at radius 2 is 1.81 bits per heavy atom. The van der Waals surface area contributed by atoms with Crippen molar-refractivity contribution >= 4 is 12.1 Å². The Kier molecular flexibility index (Phi) is 4.84. The minimum atomic E-state index is -1.53. The Morgan fingerprint density at radius 1 is 1.15 bits per heavy atom. The van der Waals surface area contributed by atoms with Gasteiger partial charge in [-0.25, -0.2) is 4.79 Å². The van der Waals surface area contributed by atoms with E-state index in [1.54, 1.807) is 36.3 Å². The molecule has 6 heteroatoms. The second-order valence-corrected chi connectivity index (χ2v) is 6.26. The zero-order valence-corrected chi connectivity index (χ0v) is 14.7. The normalized spacial score (nSPS) is 20.7. The van der Waals surface area contributed by atoms with Gasteiger partial charge >= 0.3 is 6.16 Å². The lowest BCUT2D eigenvalue weighted by molar-refractivity contribution is -0.147. The highest BCUT2D eigenvalue weighted by atomic mass is 16.7. The molecule has 0 spiro atoms. The Hall–Kier alpha value is -3.02. The summed E-state index contributed by atoms with van der Waals surface area (Å²) < 4.78 is 10.3. The Bertz CT molecular complexity index is 790. The van der Waals surface area contributed by atoms with E-state index in [1.165, 1.54) is 0 Å². The number of likely N-dealkylation sites (tertiary alicyclic amines) is 1. The molecule has 1 aliphatic rings. The van der Waals surface area contributed by atoms with E-state index in [2.05, 4.69) is 0 Å². The molecular formula is C20H21NO5. The minimum absolute atomic E-state index is 0.179. The van der Waals surface area contributed by atoms with Crippen molar-refractivity contribution in [3.63, 3.8) is 0 Å². The smallest absolute Gasteiger partial charge is 0.497 e. The van der Waals surface area contributed by atoms with E-state index in [0.29, 0.717) is 17.9 Å². The molecule has 1 saturated heterocycles. The molecule has 0 saturated carbocycles. The van der Waals surface area contributed by atoms with Gasteiger partial charge < -0.3 is 19.5 Å². The van der Waals surface area contributed by atoms with Gasteiger partial charge in [-0.05, 0) is 24.6 Å². The van der Waals surface area contributed by atoms with Crippen molar-refractivity contribution in [2.75, 3.05) is 13.7 Å². The number of carboxylic acid groups (broad SMARTS) is 1. The van der Waals surface area contributed by atoms with Crippen LogP contribution in [0.3, 0.4) is 0 Å². The van der Waals surface area contributed by atoms with Crippen LogP contribution < -0.4 is 4.74 Å². The molecule has 2 aromatic rings. The van der Waals surface area contributed by atoms with Crippen LogP contribution in [0.25, 0.3) is 0 Å². The Balaban J connectivity index is 1.95. The van der Waals surface area contributed by atoms with Crippen molar-refractivity contribution in [1.29, 1.82) is 0 Å². The van der Waals surface area contributed by atoms with E-state index in [1.807, 2.05) is 37.3 Å². The molecule has 1 amide bonds. The number of hydrogen-bond donors (Lipinski definition) is 1. The van der Waals surface area contributed by atoms with Gasteiger partial charge in [0, 0.05) is 18.5 Å². The first-order valence-corrected chi connectivity index (χ1v) is 8.40. The van der Waals surface area contributed by atoms with Crippen LogP contribution in [0.5, 0.6) is 5.75 Å². The number of nitrogens with zero attached hydrogens (tertiary/aromatic N) is 1. The van der Waals surface area contributed by atoms with E-state index in [0.717, 1.165) is 5.56 Å². The molecule has 1 heterocycles. The first kappa shape index (κ1) is 17.8. The van der Waals surface area contributed by atoms with Gasteiger partial charge in [0.1, 0.15) is 5.75 Å². The van der Waals surface area contributed by atoms with Gasteiger partial charge in [0.15, 0.2) is 0 Å². The molecule has 0 aromatic heterocycles. The van der Waals surface area contributed by atoms with E-state index in [-0.39, 0.29) is 18.4 Å². The van der Waals surface area contributed by atoms with Crippen LogP contribution in [0.15, 0.2) is 54.6 Å². The average Bonchev–Trinajstić information content (AvgIpc) is 2.98. The van der Waals surface area contributed by atoms with Gasteiger partial charge in [0.25, 0.3) is 5.91 Å². The number of ether oxygens (including phenoxy) is 2. The molecule has 0 unspecified atom stereocenters. The molecule has 1 aliphatic heterocycles. The van der Waals surface area contributed by atoms with Crippen molar-refractivity contribution in [2.24, 2.45) is 0 Å². The van der Waals surface area contributed by atoms with Crippen molar-refractivity contribution in [1.82, 2.24) is 4.90 Å². The number of benzene rings is 2. The third kappa shape index (κ3) is 3.10. The highest BCUT2D eigenvalue weighted by Gasteiger charge is 2.53. The molecule has 0 radical (unpaired) electrons. The first-order chi connectivity index (χ1) is 12.5. The molecule has 0 bridgehead atoms. The third-order valence-electron chi connectivity index (χ3n) is 4.88. The lowest BCUT2D eigenvalue weighted by atomic mass is 9.91. The lowest BCUT2D eigenvalue weighted by Gasteiger charge is -2.29. The van der Waals surface area contributed by atoms with Gasteiger partial charge in [0.2, 0.25) is 5.60 Å². The van der Waals surface area contributed by atoms with Crippen molar-refractivity contribution < 1.29 is 24.2 Å². The molecule has 0 aliphatic carbocycles. The minimum Gasteiger partial charge on any atom is -0.497 e. The van der Waals surface area contributed by atoms with Gasteiger partial charge in [-0.1, -0.05) is 42.5 Å². The zero-order chi connectivity index (χ0) is 18.7. The first-order valence-electron chi connectivity index (χ1n) is 8.40. The molecule has 136 valence electrons. The summed E-state index contributed by atoms with van der Waals surface area (Å²) in [5.41, 5.74) is -0.0311. The highest BCUT2D eigenvalue weighted by Crippen LogP contribution is 2.41. The van der Waals surface area contributed by atoms with Crippen LogP contribution >= 0.6 is 0 Å². The Labute approximate surface area is 152 Å². The summed E-state index contributed by atoms with van der Waals surface area (Å²) in [4.78, 5) is 26.2. The fourth-order valence-corrected chi connectivity index (χ4v) is 3.43. The maximum absolute atomic E-state index is 13.2. The van der Waals surface area contributed by atoms with Crippen molar-refractivity contribution in [3.8, 4) is 5.75 Å². The quantitative estimate of drug-likeness (QED) is 0.830. The maximum Gasteiger partial charge on any atom is 0.507 e. The number of amides is 1. The number of carbonyl (C=O) groups is 2. The Morgan fingerprint density at radius 3 is 2.38 bits per heavy atom. The second kappa shape index (κ2) is 7.07. The summed E-state index contributed by atoms with van der Waals surface area (Å²) in [6.07, 6.45) is -1.20. The predicted molar refractivity (Wildman–Crippen MR) is 95.0 cm³/mol. The summed E-state index contributed by atoms with van der Waals surface area (Å²) in [7, 11) is 1.54. The number of hydrogen-bond acceptors (Lipinski definition) is 4. The summed E-state index contributed by atoms with van der Waals surface area (Å²) in [5.74, 6) is 0.278. The van der Waals surface area contributed by atoms with Crippen LogP contribution in [0, 0.1) is 0 Å². The number of rotatable bonds is 5. The average molecular weight is 355 g/mol. The van der Waals surface area contributed by atoms with Gasteiger partial charge in [-0.2, -0.15) is 0 Å². The fraction of sp³-hybridized carbons (Fsp3) is 0.300. The molecule has 2 atom stereocenters. The highest BCUT2D eigenvalue weighted by molar-refractivity contribution is 5.90.